The van der Waals surface area contributed by atoms with Crippen molar-refractivity contribution < 1.29 is 9.59 Å². The third-order valence-corrected chi connectivity index (χ3v) is 6.72. The number of piperazine rings is 1. The summed E-state index contributed by atoms with van der Waals surface area (Å²) in [7, 11) is 2.13. The predicted octanol–water partition coefficient (Wildman–Crippen LogP) is 2.57. The minimum absolute atomic E-state index is 0.0545. The molecule has 1 atom stereocenters. The van der Waals surface area contributed by atoms with Crippen molar-refractivity contribution in [3.63, 3.8) is 0 Å². The zero-order valence-electron chi connectivity index (χ0n) is 19.2. The van der Waals surface area contributed by atoms with Gasteiger partial charge in [0, 0.05) is 45.0 Å². The molecule has 2 fully saturated rings. The van der Waals surface area contributed by atoms with Crippen LogP contribution in [-0.2, 0) is 9.59 Å². The second-order valence-corrected chi connectivity index (χ2v) is 9.13. The molecule has 0 radical (unpaired) electrons. The summed E-state index contributed by atoms with van der Waals surface area (Å²) in [6, 6.07) is 16.4. The Labute approximate surface area is 200 Å². The Morgan fingerprint density at radius 1 is 1.00 bits per heavy atom. The summed E-state index contributed by atoms with van der Waals surface area (Å²) in [6.07, 6.45) is 0.0545. The topological polar surface area (TPSA) is 59.1 Å². The van der Waals surface area contributed by atoms with E-state index in [2.05, 4.69) is 22.2 Å². The molecule has 2 saturated heterocycles. The number of hydrogen-bond donors (Lipinski definition) is 1. The first-order valence-corrected chi connectivity index (χ1v) is 11.8. The maximum Gasteiger partial charge on any atom is 0.256 e. The van der Waals surface area contributed by atoms with Gasteiger partial charge in [-0.25, -0.2) is 0 Å². The summed E-state index contributed by atoms with van der Waals surface area (Å²) in [5.74, 6) is -0.344. The number of anilines is 2. The van der Waals surface area contributed by atoms with Gasteiger partial charge in [-0.15, -0.1) is 0 Å². The second-order valence-electron chi connectivity index (χ2n) is 8.76. The molecule has 4 rings (SSSR count). The summed E-state index contributed by atoms with van der Waals surface area (Å²) in [5, 5.41) is 3.37. The van der Waals surface area contributed by atoms with Gasteiger partial charge in [-0.05, 0) is 50.5 Å². The van der Waals surface area contributed by atoms with E-state index in [1.54, 1.807) is 4.90 Å². The number of rotatable bonds is 7. The average Bonchev–Trinajstić information content (AvgIpc) is 3.03. The molecular weight excluding hydrogens is 434 g/mol. The monoisotopic (exact) mass is 465 g/mol. The van der Waals surface area contributed by atoms with E-state index < -0.39 is 6.04 Å². The number of amides is 2. The van der Waals surface area contributed by atoms with Gasteiger partial charge in [0.1, 0.15) is 6.04 Å². The molecule has 2 heterocycles. The van der Waals surface area contributed by atoms with E-state index in [1.165, 1.54) is 0 Å². The molecule has 0 bridgehead atoms. The van der Waals surface area contributed by atoms with E-state index in [0.29, 0.717) is 11.7 Å². The van der Waals surface area contributed by atoms with Crippen LogP contribution < -0.4 is 10.2 Å². The molecule has 0 aromatic heterocycles. The van der Waals surface area contributed by atoms with E-state index in [0.717, 1.165) is 49.7 Å². The molecule has 1 N–H and O–H groups in total. The zero-order valence-corrected chi connectivity index (χ0v) is 20.1. The summed E-state index contributed by atoms with van der Waals surface area (Å²) < 4.78 is 0. The van der Waals surface area contributed by atoms with Gasteiger partial charge in [-0.3, -0.25) is 19.4 Å². The van der Waals surface area contributed by atoms with Crippen molar-refractivity contribution in [2.45, 2.75) is 19.4 Å². The second kappa shape index (κ2) is 10.4. The van der Waals surface area contributed by atoms with Crippen molar-refractivity contribution in [1.82, 2.24) is 14.7 Å². The predicted molar refractivity (Wildman–Crippen MR) is 135 cm³/mol. The highest BCUT2D eigenvalue weighted by Gasteiger charge is 2.44. The average molecular weight is 466 g/mol. The molecule has 2 aromatic carbocycles. The number of carbonyl (C=O) groups excluding carboxylic acids is 2. The number of nitrogens with zero attached hydrogens (tertiary/aromatic N) is 4. The lowest BCUT2D eigenvalue weighted by Gasteiger charge is -2.34. The summed E-state index contributed by atoms with van der Waals surface area (Å²) in [4.78, 5) is 34.5. The number of aryl methyl sites for hydroxylation is 1. The number of hydrogen-bond acceptors (Lipinski definition) is 5. The van der Waals surface area contributed by atoms with Gasteiger partial charge < -0.3 is 15.1 Å². The van der Waals surface area contributed by atoms with Crippen molar-refractivity contribution in [3.8, 4) is 0 Å². The fourth-order valence-electron chi connectivity index (χ4n) is 4.25. The van der Waals surface area contributed by atoms with Crippen molar-refractivity contribution in [2.24, 2.45) is 0 Å². The number of para-hydroxylation sites is 1. The zero-order chi connectivity index (χ0) is 23.4. The molecule has 0 unspecified atom stereocenters. The largest absolute Gasteiger partial charge is 0.335 e. The fraction of sp³-hybridized carbons (Fsp3) is 0.400. The third kappa shape index (κ3) is 5.58. The normalized spacial score (nSPS) is 19.9. The lowest BCUT2D eigenvalue weighted by molar-refractivity contribution is -0.124. The van der Waals surface area contributed by atoms with Crippen LogP contribution in [0.25, 0.3) is 0 Å². The minimum atomic E-state index is -0.616. The van der Waals surface area contributed by atoms with Gasteiger partial charge in [0.25, 0.3) is 5.91 Å². The lowest BCUT2D eigenvalue weighted by atomic mass is 10.1. The molecule has 0 aliphatic carbocycles. The van der Waals surface area contributed by atoms with Crippen molar-refractivity contribution in [2.75, 3.05) is 56.5 Å². The Balaban J connectivity index is 1.50. The Morgan fingerprint density at radius 2 is 1.67 bits per heavy atom. The van der Waals surface area contributed by atoms with Gasteiger partial charge in [0.15, 0.2) is 5.11 Å². The molecule has 33 heavy (non-hydrogen) atoms. The maximum atomic E-state index is 13.5. The van der Waals surface area contributed by atoms with Crippen molar-refractivity contribution in [1.29, 1.82) is 0 Å². The summed E-state index contributed by atoms with van der Waals surface area (Å²) in [5.41, 5.74) is 2.57. The number of thiocarbonyl (C=S) groups is 1. The number of carbonyl (C=O) groups is 2. The first kappa shape index (κ1) is 23.4. The Bertz CT molecular complexity index is 990. The first-order valence-electron chi connectivity index (χ1n) is 11.4. The van der Waals surface area contributed by atoms with Crippen LogP contribution in [0.2, 0.25) is 0 Å². The van der Waals surface area contributed by atoms with Crippen molar-refractivity contribution in [3.05, 3.63) is 60.2 Å². The van der Waals surface area contributed by atoms with Crippen LogP contribution in [0.4, 0.5) is 11.4 Å². The first-order chi connectivity index (χ1) is 15.9. The van der Waals surface area contributed by atoms with E-state index >= 15 is 0 Å². The highest BCUT2D eigenvalue weighted by Crippen LogP contribution is 2.27. The highest BCUT2D eigenvalue weighted by molar-refractivity contribution is 7.80. The van der Waals surface area contributed by atoms with Crippen molar-refractivity contribution >= 4 is 40.5 Å². The molecular formula is C25H31N5O2S. The Kier molecular flexibility index (Phi) is 7.37. The van der Waals surface area contributed by atoms with Crippen LogP contribution in [-0.4, -0.2) is 84.0 Å². The van der Waals surface area contributed by atoms with Crippen LogP contribution >= 0.6 is 12.2 Å². The van der Waals surface area contributed by atoms with Crippen LogP contribution in [0, 0.1) is 6.92 Å². The third-order valence-electron chi connectivity index (χ3n) is 6.30. The Hall–Kier alpha value is -2.81. The van der Waals surface area contributed by atoms with E-state index in [9.17, 15) is 9.59 Å². The molecule has 2 aromatic rings. The molecule has 2 aliphatic rings. The summed E-state index contributed by atoms with van der Waals surface area (Å²) >= 11 is 5.77. The number of nitrogens with one attached hydrogen (secondary N) is 1. The molecule has 2 aliphatic heterocycles. The SMILES string of the molecule is Cc1ccc(N2C(=O)[C@@H](CC(=O)Nc3ccccc3)N(CCN3CCN(C)CC3)C2=S)cc1. The molecule has 7 nitrogen and oxygen atoms in total. The number of likely N-dealkylation sites (N-methyl/N-ethyl adjacent to an activating group) is 1. The molecule has 0 saturated carbocycles. The number of benzene rings is 2. The van der Waals surface area contributed by atoms with E-state index in [1.807, 2.05) is 66.4 Å². The van der Waals surface area contributed by atoms with Gasteiger partial charge in [0.05, 0.1) is 12.1 Å². The van der Waals surface area contributed by atoms with Crippen LogP contribution in [0.15, 0.2) is 54.6 Å². The maximum absolute atomic E-state index is 13.5. The van der Waals surface area contributed by atoms with Gasteiger partial charge in [0.2, 0.25) is 5.91 Å². The van der Waals surface area contributed by atoms with Crippen LogP contribution in [0.1, 0.15) is 12.0 Å². The highest BCUT2D eigenvalue weighted by atomic mass is 32.1. The quantitative estimate of drug-likeness (QED) is 0.635. The van der Waals surface area contributed by atoms with Crippen LogP contribution in [0.3, 0.4) is 0 Å². The molecule has 174 valence electrons. The molecule has 2 amide bonds. The molecule has 0 spiro atoms. The van der Waals surface area contributed by atoms with E-state index in [-0.39, 0.29) is 18.2 Å². The van der Waals surface area contributed by atoms with Gasteiger partial charge in [-0.1, -0.05) is 35.9 Å². The fourth-order valence-corrected chi connectivity index (χ4v) is 4.66. The van der Waals surface area contributed by atoms with Crippen LogP contribution in [0.5, 0.6) is 0 Å². The smallest absolute Gasteiger partial charge is 0.256 e. The minimum Gasteiger partial charge on any atom is -0.335 e. The lowest BCUT2D eigenvalue weighted by Crippen LogP contribution is -2.48. The molecule has 8 heteroatoms. The summed E-state index contributed by atoms with van der Waals surface area (Å²) in [6.45, 7) is 7.47. The van der Waals surface area contributed by atoms with E-state index in [4.69, 9.17) is 12.2 Å². The van der Waals surface area contributed by atoms with Gasteiger partial charge in [-0.2, -0.15) is 0 Å². The Morgan fingerprint density at radius 3 is 2.33 bits per heavy atom. The standard InChI is InChI=1S/C25H31N5O2S/c1-19-8-10-21(11-9-19)30-24(32)22(18-23(31)26-20-6-4-3-5-7-20)29(25(30)33)17-16-28-14-12-27(2)13-15-28/h3-11,22H,12-18H2,1-2H3,(H,26,31)/t22-/m1/s1. The van der Waals surface area contributed by atoms with Gasteiger partial charge >= 0.3 is 0 Å².